The summed E-state index contributed by atoms with van der Waals surface area (Å²) in [5, 5.41) is 19.9. The summed E-state index contributed by atoms with van der Waals surface area (Å²) in [7, 11) is -4.80. The number of esters is 2. The standard InChI is InChI=1S/C42H71O10P/c1-4-6-21-29-38(43)30-23-17-13-11-14-18-24-31-39(44)32-25-20-27-33-41(45)50-35-40(36-51-53(47,48)49)52-42(46)34-26-19-15-10-8-7-9-12-16-22-28-37(3)5-2/h6,13-14,17-18,21,23-25,30-32,37-40,43-44H,4-5,7-12,15-16,19-20,22,26-29,33-36H2,1-3H3,(H2,47,48,49)/b17-13-,18-14-,21-6-,30-23+,31-24+,32-25-/t37?,38-,39-,40-/m1/s1. The Morgan fingerprint density at radius 2 is 1.28 bits per heavy atom. The minimum Gasteiger partial charge on any atom is -0.462 e. The topological polar surface area (TPSA) is 160 Å². The van der Waals surface area contributed by atoms with Crippen LogP contribution in [0.1, 0.15) is 143 Å². The van der Waals surface area contributed by atoms with Crippen LogP contribution >= 0.6 is 7.82 Å². The average molecular weight is 767 g/mol. The summed E-state index contributed by atoms with van der Waals surface area (Å²) in [6, 6.07) is 0. The van der Waals surface area contributed by atoms with E-state index >= 15 is 0 Å². The van der Waals surface area contributed by atoms with Gasteiger partial charge in [0.05, 0.1) is 18.8 Å². The molecule has 0 aromatic rings. The Labute approximate surface area is 320 Å². The third-order valence-corrected chi connectivity index (χ3v) is 8.94. The van der Waals surface area contributed by atoms with Gasteiger partial charge in [-0.3, -0.25) is 14.1 Å². The first-order chi connectivity index (χ1) is 25.5. The molecule has 53 heavy (non-hydrogen) atoms. The van der Waals surface area contributed by atoms with Gasteiger partial charge in [-0.2, -0.15) is 0 Å². The van der Waals surface area contributed by atoms with E-state index in [0.29, 0.717) is 32.1 Å². The van der Waals surface area contributed by atoms with E-state index in [2.05, 4.69) is 25.3 Å². The summed E-state index contributed by atoms with van der Waals surface area (Å²) in [6.07, 6.45) is 37.0. The van der Waals surface area contributed by atoms with Crippen LogP contribution in [0.2, 0.25) is 0 Å². The normalized spacial score (nSPS) is 15.1. The van der Waals surface area contributed by atoms with Gasteiger partial charge in [-0.05, 0) is 44.4 Å². The fraction of sp³-hybridized carbons (Fsp3) is 0.667. The molecule has 10 nitrogen and oxygen atoms in total. The van der Waals surface area contributed by atoms with Crippen molar-refractivity contribution < 1.29 is 48.2 Å². The molecule has 11 heteroatoms. The van der Waals surface area contributed by atoms with Gasteiger partial charge >= 0.3 is 19.8 Å². The Hall–Kier alpha value is -2.59. The first-order valence-electron chi connectivity index (χ1n) is 19.9. The van der Waals surface area contributed by atoms with Crippen LogP contribution in [0.3, 0.4) is 0 Å². The maximum Gasteiger partial charge on any atom is 0.469 e. The zero-order valence-electron chi connectivity index (χ0n) is 32.8. The number of hydrogen-bond acceptors (Lipinski definition) is 8. The Kier molecular flexibility index (Phi) is 33.4. The lowest BCUT2D eigenvalue weighted by Crippen LogP contribution is -2.29. The van der Waals surface area contributed by atoms with Gasteiger partial charge in [-0.15, -0.1) is 0 Å². The van der Waals surface area contributed by atoms with Gasteiger partial charge in [-0.25, -0.2) is 4.57 Å². The molecule has 0 saturated carbocycles. The average Bonchev–Trinajstić information content (AvgIpc) is 3.11. The molecule has 0 aromatic carbocycles. The number of phosphoric ester groups is 1. The van der Waals surface area contributed by atoms with Gasteiger partial charge in [0, 0.05) is 12.8 Å². The van der Waals surface area contributed by atoms with Crippen molar-refractivity contribution >= 4 is 19.8 Å². The van der Waals surface area contributed by atoms with E-state index in [1.807, 2.05) is 42.5 Å². The second-order valence-electron chi connectivity index (χ2n) is 13.5. The summed E-state index contributed by atoms with van der Waals surface area (Å²) in [5.41, 5.74) is 0. The Morgan fingerprint density at radius 1 is 0.679 bits per heavy atom. The first kappa shape index (κ1) is 50.4. The summed E-state index contributed by atoms with van der Waals surface area (Å²) in [5.74, 6) is -0.242. The molecule has 4 atom stereocenters. The van der Waals surface area contributed by atoms with Crippen LogP contribution < -0.4 is 0 Å². The minimum atomic E-state index is -4.80. The molecule has 0 heterocycles. The molecule has 0 bridgehead atoms. The van der Waals surface area contributed by atoms with E-state index in [4.69, 9.17) is 19.3 Å². The van der Waals surface area contributed by atoms with Gasteiger partial charge in [-0.1, -0.05) is 164 Å². The molecule has 0 aliphatic rings. The fourth-order valence-electron chi connectivity index (χ4n) is 5.09. The molecule has 0 saturated heterocycles. The number of rotatable bonds is 34. The molecule has 0 aliphatic heterocycles. The Morgan fingerprint density at radius 3 is 1.91 bits per heavy atom. The van der Waals surface area contributed by atoms with Crippen LogP contribution in [-0.4, -0.2) is 63.5 Å². The third kappa shape index (κ3) is 37.5. The molecule has 0 aliphatic carbocycles. The Balaban J connectivity index is 4.24. The molecular formula is C42H71O10P. The summed E-state index contributed by atoms with van der Waals surface area (Å²) in [4.78, 5) is 42.8. The van der Waals surface area contributed by atoms with Gasteiger partial charge in [0.1, 0.15) is 6.61 Å². The number of allylic oxidation sites excluding steroid dienone is 8. The van der Waals surface area contributed by atoms with Crippen LogP contribution in [0.5, 0.6) is 0 Å². The second-order valence-corrected chi connectivity index (χ2v) is 14.8. The lowest BCUT2D eigenvalue weighted by molar-refractivity contribution is -0.161. The predicted molar refractivity (Wildman–Crippen MR) is 214 cm³/mol. The van der Waals surface area contributed by atoms with Crippen molar-refractivity contribution in [1.82, 2.24) is 0 Å². The van der Waals surface area contributed by atoms with Crippen LogP contribution in [0.25, 0.3) is 0 Å². The van der Waals surface area contributed by atoms with Gasteiger partial charge < -0.3 is 29.5 Å². The largest absolute Gasteiger partial charge is 0.469 e. The van der Waals surface area contributed by atoms with E-state index in [-0.39, 0.29) is 19.4 Å². The van der Waals surface area contributed by atoms with Crippen molar-refractivity contribution in [2.45, 2.75) is 161 Å². The second kappa shape index (κ2) is 35.1. The lowest BCUT2D eigenvalue weighted by atomic mass is 9.99. The monoisotopic (exact) mass is 766 g/mol. The van der Waals surface area contributed by atoms with Gasteiger partial charge in [0.2, 0.25) is 0 Å². The number of ether oxygens (including phenoxy) is 2. The highest BCUT2D eigenvalue weighted by molar-refractivity contribution is 7.46. The zero-order valence-corrected chi connectivity index (χ0v) is 33.7. The van der Waals surface area contributed by atoms with Crippen molar-refractivity contribution in [1.29, 1.82) is 0 Å². The summed E-state index contributed by atoms with van der Waals surface area (Å²) < 4.78 is 26.2. The smallest absolute Gasteiger partial charge is 0.462 e. The van der Waals surface area contributed by atoms with E-state index in [0.717, 1.165) is 31.6 Å². The van der Waals surface area contributed by atoms with Crippen LogP contribution in [0.4, 0.5) is 0 Å². The molecule has 304 valence electrons. The van der Waals surface area contributed by atoms with Crippen molar-refractivity contribution in [3.63, 3.8) is 0 Å². The van der Waals surface area contributed by atoms with Crippen molar-refractivity contribution in [2.24, 2.45) is 5.92 Å². The maximum atomic E-state index is 12.4. The molecule has 0 radical (unpaired) electrons. The number of carbonyl (C=O) groups is 2. The SMILES string of the molecule is CC/C=C\C[C@@H](O)/C=C/C=C\C/C=C\C=C\[C@@H](O)/C=C\CCCC(=O)OC[C@H](COP(=O)(O)O)OC(=O)CCCCCCCCCCCCC(C)CC. The zero-order chi connectivity index (χ0) is 39.4. The quantitative estimate of drug-likeness (QED) is 0.0163. The molecule has 0 spiro atoms. The first-order valence-corrected chi connectivity index (χ1v) is 21.4. The van der Waals surface area contributed by atoms with Crippen LogP contribution in [0, 0.1) is 5.92 Å². The van der Waals surface area contributed by atoms with Crippen LogP contribution in [-0.2, 0) is 28.2 Å². The predicted octanol–water partition coefficient (Wildman–Crippen LogP) is 9.70. The van der Waals surface area contributed by atoms with Crippen molar-refractivity contribution in [3.8, 4) is 0 Å². The lowest BCUT2D eigenvalue weighted by Gasteiger charge is -2.18. The number of phosphoric acid groups is 1. The number of carbonyl (C=O) groups excluding carboxylic acids is 2. The van der Waals surface area contributed by atoms with Gasteiger partial charge in [0.25, 0.3) is 0 Å². The van der Waals surface area contributed by atoms with E-state index in [9.17, 15) is 24.4 Å². The molecular weight excluding hydrogens is 695 g/mol. The van der Waals surface area contributed by atoms with Crippen LogP contribution in [0.15, 0.2) is 72.9 Å². The minimum absolute atomic E-state index is 0.0782. The molecule has 0 aromatic heterocycles. The molecule has 0 amide bonds. The highest BCUT2D eigenvalue weighted by Gasteiger charge is 2.22. The van der Waals surface area contributed by atoms with Crippen molar-refractivity contribution in [3.05, 3.63) is 72.9 Å². The van der Waals surface area contributed by atoms with Gasteiger partial charge in [0.15, 0.2) is 6.10 Å². The molecule has 1 unspecified atom stereocenters. The molecule has 0 rings (SSSR count). The number of aliphatic hydroxyl groups is 2. The molecule has 0 fully saturated rings. The number of unbranched alkanes of at least 4 members (excludes halogenated alkanes) is 10. The summed E-state index contributed by atoms with van der Waals surface area (Å²) >= 11 is 0. The highest BCUT2D eigenvalue weighted by Crippen LogP contribution is 2.36. The summed E-state index contributed by atoms with van der Waals surface area (Å²) in [6.45, 7) is 5.65. The fourth-order valence-corrected chi connectivity index (χ4v) is 5.45. The van der Waals surface area contributed by atoms with Crippen molar-refractivity contribution in [2.75, 3.05) is 13.2 Å². The van der Waals surface area contributed by atoms with E-state index in [1.54, 1.807) is 30.4 Å². The molecule has 4 N–H and O–H groups in total. The van der Waals surface area contributed by atoms with E-state index < -0.39 is 44.7 Å². The highest BCUT2D eigenvalue weighted by atomic mass is 31.2. The Bertz CT molecular complexity index is 1140. The maximum absolute atomic E-state index is 12.4. The third-order valence-electron chi connectivity index (χ3n) is 8.45. The number of aliphatic hydroxyl groups excluding tert-OH is 2. The van der Waals surface area contributed by atoms with E-state index in [1.165, 1.54) is 51.4 Å². The number of hydrogen-bond donors (Lipinski definition) is 4.